The SMILES string of the molecule is COC(=O)c1ccc(NC(=O)c2nc3ccccc3nc2Cl)cn1. The molecule has 1 aromatic carbocycles. The summed E-state index contributed by atoms with van der Waals surface area (Å²) in [6, 6.07) is 10.1. The standard InChI is InChI=1S/C16H11ClN4O3/c1-24-16(23)12-7-6-9(8-18-12)19-15(22)13-14(17)21-11-5-3-2-4-10(11)20-13/h2-8H,1H3,(H,19,22). The number of benzene rings is 1. The zero-order valence-electron chi connectivity index (χ0n) is 12.5. The van der Waals surface area contributed by atoms with Gasteiger partial charge in [-0.05, 0) is 24.3 Å². The molecule has 0 aliphatic carbocycles. The fourth-order valence-corrected chi connectivity index (χ4v) is 2.23. The lowest BCUT2D eigenvalue weighted by Crippen LogP contribution is -2.15. The number of nitrogens with one attached hydrogen (secondary N) is 1. The van der Waals surface area contributed by atoms with Crippen molar-refractivity contribution in [1.82, 2.24) is 15.0 Å². The number of anilines is 1. The molecular weight excluding hydrogens is 332 g/mol. The van der Waals surface area contributed by atoms with Crippen molar-refractivity contribution in [3.8, 4) is 0 Å². The third kappa shape index (κ3) is 3.16. The number of methoxy groups -OCH3 is 1. The molecule has 0 aliphatic heterocycles. The predicted octanol–water partition coefficient (Wildman–Crippen LogP) is 2.72. The van der Waals surface area contributed by atoms with Gasteiger partial charge >= 0.3 is 5.97 Å². The van der Waals surface area contributed by atoms with Gasteiger partial charge in [-0.25, -0.2) is 19.7 Å². The minimum atomic E-state index is -0.559. The zero-order valence-corrected chi connectivity index (χ0v) is 13.2. The first-order valence-corrected chi connectivity index (χ1v) is 7.24. The summed E-state index contributed by atoms with van der Waals surface area (Å²) in [4.78, 5) is 36.0. The lowest BCUT2D eigenvalue weighted by atomic mass is 10.3. The molecule has 0 fully saturated rings. The van der Waals surface area contributed by atoms with Crippen molar-refractivity contribution in [2.24, 2.45) is 0 Å². The van der Waals surface area contributed by atoms with Crippen molar-refractivity contribution in [3.63, 3.8) is 0 Å². The molecule has 0 saturated heterocycles. The van der Waals surface area contributed by atoms with Crippen molar-refractivity contribution < 1.29 is 14.3 Å². The molecule has 3 rings (SSSR count). The molecule has 24 heavy (non-hydrogen) atoms. The third-order valence-electron chi connectivity index (χ3n) is 3.16. The molecule has 0 bridgehead atoms. The Bertz CT molecular complexity index is 928. The molecule has 0 spiro atoms. The summed E-state index contributed by atoms with van der Waals surface area (Å²) in [7, 11) is 1.26. The van der Waals surface area contributed by atoms with Crippen LogP contribution in [0.25, 0.3) is 11.0 Å². The fourth-order valence-electron chi connectivity index (χ4n) is 2.01. The summed E-state index contributed by atoms with van der Waals surface area (Å²) in [5.41, 5.74) is 1.69. The second-order valence-electron chi connectivity index (χ2n) is 4.73. The van der Waals surface area contributed by atoms with Crippen LogP contribution in [0, 0.1) is 0 Å². The first-order chi connectivity index (χ1) is 11.6. The molecule has 0 aliphatic rings. The molecule has 2 heterocycles. The number of fused-ring (bicyclic) bond motifs is 1. The maximum Gasteiger partial charge on any atom is 0.356 e. The highest BCUT2D eigenvalue weighted by molar-refractivity contribution is 6.33. The van der Waals surface area contributed by atoms with Crippen LogP contribution < -0.4 is 5.32 Å². The fraction of sp³-hybridized carbons (Fsp3) is 0.0625. The van der Waals surface area contributed by atoms with Crippen molar-refractivity contribution in [2.45, 2.75) is 0 Å². The Balaban J connectivity index is 1.84. The maximum absolute atomic E-state index is 12.3. The largest absolute Gasteiger partial charge is 0.464 e. The van der Waals surface area contributed by atoms with E-state index in [4.69, 9.17) is 11.6 Å². The number of carbonyl (C=O) groups excluding carboxylic acids is 2. The highest BCUT2D eigenvalue weighted by Crippen LogP contribution is 2.18. The van der Waals surface area contributed by atoms with E-state index in [2.05, 4.69) is 25.0 Å². The molecule has 2 aromatic heterocycles. The summed E-state index contributed by atoms with van der Waals surface area (Å²) in [5, 5.41) is 2.61. The van der Waals surface area contributed by atoms with Gasteiger partial charge in [0.2, 0.25) is 0 Å². The lowest BCUT2D eigenvalue weighted by molar-refractivity contribution is 0.0594. The highest BCUT2D eigenvalue weighted by Gasteiger charge is 2.16. The molecule has 1 amide bonds. The summed E-state index contributed by atoms with van der Waals surface area (Å²) in [5.74, 6) is -1.08. The number of ether oxygens (including phenoxy) is 1. The van der Waals surface area contributed by atoms with Crippen LogP contribution in [-0.4, -0.2) is 33.9 Å². The van der Waals surface area contributed by atoms with Crippen LogP contribution in [0.3, 0.4) is 0 Å². The van der Waals surface area contributed by atoms with Crippen LogP contribution in [-0.2, 0) is 4.74 Å². The molecule has 0 atom stereocenters. The van der Waals surface area contributed by atoms with Crippen LogP contribution in [0.5, 0.6) is 0 Å². The van der Waals surface area contributed by atoms with E-state index in [1.165, 1.54) is 25.4 Å². The number of hydrogen-bond donors (Lipinski definition) is 1. The van der Waals surface area contributed by atoms with Crippen molar-refractivity contribution >= 4 is 40.2 Å². The quantitative estimate of drug-likeness (QED) is 0.735. The Morgan fingerprint density at radius 3 is 2.42 bits per heavy atom. The number of hydrogen-bond acceptors (Lipinski definition) is 6. The zero-order chi connectivity index (χ0) is 17.1. The van der Waals surface area contributed by atoms with Crippen molar-refractivity contribution in [2.75, 3.05) is 12.4 Å². The van der Waals surface area contributed by atoms with E-state index < -0.39 is 11.9 Å². The number of aromatic nitrogens is 3. The lowest BCUT2D eigenvalue weighted by Gasteiger charge is -2.07. The summed E-state index contributed by atoms with van der Waals surface area (Å²) in [6.07, 6.45) is 1.34. The number of esters is 1. The normalized spacial score (nSPS) is 10.4. The summed E-state index contributed by atoms with van der Waals surface area (Å²) in [6.45, 7) is 0. The molecule has 0 unspecified atom stereocenters. The van der Waals surface area contributed by atoms with Crippen LogP contribution in [0.15, 0.2) is 42.6 Å². The number of carbonyl (C=O) groups is 2. The molecular formula is C16H11ClN4O3. The number of halogens is 1. The van der Waals surface area contributed by atoms with Crippen molar-refractivity contribution in [3.05, 3.63) is 59.1 Å². The Hall–Kier alpha value is -3.06. The van der Waals surface area contributed by atoms with Gasteiger partial charge in [0.15, 0.2) is 10.8 Å². The van der Waals surface area contributed by atoms with Crippen molar-refractivity contribution in [1.29, 1.82) is 0 Å². The second-order valence-corrected chi connectivity index (χ2v) is 5.09. The summed E-state index contributed by atoms with van der Waals surface area (Å²) >= 11 is 6.04. The minimum Gasteiger partial charge on any atom is -0.464 e. The first kappa shape index (κ1) is 15.8. The van der Waals surface area contributed by atoms with Gasteiger partial charge in [-0.2, -0.15) is 0 Å². The first-order valence-electron chi connectivity index (χ1n) is 6.86. The Kier molecular flexibility index (Phi) is 4.35. The van der Waals surface area contributed by atoms with Gasteiger partial charge in [-0.15, -0.1) is 0 Å². The Labute approximate surface area is 141 Å². The molecule has 120 valence electrons. The number of amides is 1. The van der Waals surface area contributed by atoms with Gasteiger partial charge in [0.05, 0.1) is 30.0 Å². The van der Waals surface area contributed by atoms with Gasteiger partial charge in [-0.3, -0.25) is 4.79 Å². The van der Waals surface area contributed by atoms with Gasteiger partial charge < -0.3 is 10.1 Å². The average Bonchev–Trinajstić information content (AvgIpc) is 2.61. The maximum atomic E-state index is 12.3. The van der Waals surface area contributed by atoms with E-state index >= 15 is 0 Å². The number of pyridine rings is 1. The summed E-state index contributed by atoms with van der Waals surface area (Å²) < 4.78 is 4.56. The smallest absolute Gasteiger partial charge is 0.356 e. The Morgan fingerprint density at radius 1 is 1.08 bits per heavy atom. The predicted molar refractivity (Wildman–Crippen MR) is 88.1 cm³/mol. The van der Waals surface area contributed by atoms with Crippen LogP contribution in [0.4, 0.5) is 5.69 Å². The molecule has 0 saturated carbocycles. The van der Waals surface area contributed by atoms with Crippen LogP contribution in [0.1, 0.15) is 21.0 Å². The molecule has 7 nitrogen and oxygen atoms in total. The topological polar surface area (TPSA) is 94.1 Å². The van der Waals surface area contributed by atoms with Crippen LogP contribution >= 0.6 is 11.6 Å². The van der Waals surface area contributed by atoms with Gasteiger partial charge in [-0.1, -0.05) is 23.7 Å². The number of rotatable bonds is 3. The van der Waals surface area contributed by atoms with Gasteiger partial charge in [0, 0.05) is 0 Å². The average molecular weight is 343 g/mol. The van der Waals surface area contributed by atoms with Gasteiger partial charge in [0.25, 0.3) is 5.91 Å². The minimum absolute atomic E-state index is 0.00494. The Morgan fingerprint density at radius 2 is 1.79 bits per heavy atom. The number of para-hydroxylation sites is 2. The van der Waals surface area contributed by atoms with E-state index in [-0.39, 0.29) is 16.5 Å². The van der Waals surface area contributed by atoms with E-state index in [1.807, 2.05) is 6.07 Å². The molecule has 1 N–H and O–H groups in total. The number of nitrogens with zero attached hydrogens (tertiary/aromatic N) is 3. The van der Waals surface area contributed by atoms with E-state index in [0.717, 1.165) is 0 Å². The highest BCUT2D eigenvalue weighted by atomic mass is 35.5. The molecule has 3 aromatic rings. The van der Waals surface area contributed by atoms with Gasteiger partial charge in [0.1, 0.15) is 5.69 Å². The van der Waals surface area contributed by atoms with E-state index in [0.29, 0.717) is 16.7 Å². The second kappa shape index (κ2) is 6.59. The third-order valence-corrected chi connectivity index (χ3v) is 3.42. The molecule has 0 radical (unpaired) electrons. The monoisotopic (exact) mass is 342 g/mol. The van der Waals surface area contributed by atoms with Crippen LogP contribution in [0.2, 0.25) is 5.15 Å². The molecule has 8 heteroatoms. The van der Waals surface area contributed by atoms with E-state index in [1.54, 1.807) is 18.2 Å². The van der Waals surface area contributed by atoms with E-state index in [9.17, 15) is 9.59 Å².